The van der Waals surface area contributed by atoms with Crippen LogP contribution in [0.5, 0.6) is 0 Å². The highest BCUT2D eigenvalue weighted by Crippen LogP contribution is 2.22. The summed E-state index contributed by atoms with van der Waals surface area (Å²) >= 11 is 6.03. The maximum Gasteiger partial charge on any atom is 0.242 e. The highest BCUT2D eigenvalue weighted by atomic mass is 35.5. The number of benzene rings is 2. The smallest absolute Gasteiger partial charge is 0.242 e. The molecule has 9 heteroatoms. The van der Waals surface area contributed by atoms with Crippen LogP contribution in [0.25, 0.3) is 0 Å². The van der Waals surface area contributed by atoms with Gasteiger partial charge in [-0.15, -0.1) is 0 Å². The number of nitrogens with zero attached hydrogens (tertiary/aromatic N) is 2. The molecule has 1 N–H and O–H groups in total. The molecule has 186 valence electrons. The number of carbonyl (C=O) groups is 2. The Morgan fingerprint density at radius 3 is 2.26 bits per heavy atom. The van der Waals surface area contributed by atoms with E-state index in [1.807, 2.05) is 51.1 Å². The third kappa shape index (κ3) is 8.65. The molecule has 0 saturated heterocycles. The summed E-state index contributed by atoms with van der Waals surface area (Å²) in [7, 11) is -3.57. The van der Waals surface area contributed by atoms with Gasteiger partial charge in [-0.1, -0.05) is 48.0 Å². The molecule has 0 bridgehead atoms. The van der Waals surface area contributed by atoms with Gasteiger partial charge >= 0.3 is 0 Å². The SMILES string of the molecule is C[C@@H](C(=O)NC(C)(C)C)N(Cc1ccccc1)C(=O)CCCN(c1cccc(Cl)c1)S(C)(=O)=O. The molecule has 7 nitrogen and oxygen atoms in total. The number of sulfonamides is 1. The summed E-state index contributed by atoms with van der Waals surface area (Å²) in [6, 6.07) is 15.4. The van der Waals surface area contributed by atoms with Gasteiger partial charge in [0.15, 0.2) is 0 Å². The average molecular weight is 508 g/mol. The molecule has 0 fully saturated rings. The van der Waals surface area contributed by atoms with Crippen molar-refractivity contribution in [3.8, 4) is 0 Å². The number of halogens is 1. The summed E-state index contributed by atoms with van der Waals surface area (Å²) < 4.78 is 26.0. The van der Waals surface area contributed by atoms with E-state index in [1.54, 1.807) is 36.1 Å². The Morgan fingerprint density at radius 2 is 1.71 bits per heavy atom. The Balaban J connectivity index is 2.16. The summed E-state index contributed by atoms with van der Waals surface area (Å²) in [6.07, 6.45) is 1.50. The molecule has 0 aliphatic heterocycles. The molecule has 2 rings (SSSR count). The van der Waals surface area contributed by atoms with E-state index in [2.05, 4.69) is 5.32 Å². The predicted octanol–water partition coefficient (Wildman–Crippen LogP) is 4.22. The Labute approximate surface area is 208 Å². The first kappa shape index (κ1) is 27.7. The van der Waals surface area contributed by atoms with E-state index >= 15 is 0 Å². The number of rotatable bonds is 10. The number of amides is 2. The minimum atomic E-state index is -3.57. The fourth-order valence-corrected chi connectivity index (χ4v) is 4.61. The number of nitrogens with one attached hydrogen (secondary N) is 1. The Kier molecular flexibility index (Phi) is 9.53. The predicted molar refractivity (Wildman–Crippen MR) is 137 cm³/mol. The van der Waals surface area contributed by atoms with Crippen molar-refractivity contribution >= 4 is 39.1 Å². The topological polar surface area (TPSA) is 86.8 Å². The molecule has 2 amide bonds. The standard InChI is InChI=1S/C25H34ClN3O4S/c1-19(24(31)27-25(2,3)4)28(18-20-11-7-6-8-12-20)23(30)15-10-16-29(34(5,32)33)22-14-9-13-21(26)17-22/h6-9,11-14,17,19H,10,15-16,18H2,1-5H3,(H,27,31)/t19-/m0/s1. The number of anilines is 1. The van der Waals surface area contributed by atoms with E-state index in [0.717, 1.165) is 11.8 Å². The van der Waals surface area contributed by atoms with Gasteiger partial charge in [0, 0.05) is 30.1 Å². The van der Waals surface area contributed by atoms with Crippen molar-refractivity contribution in [1.29, 1.82) is 0 Å². The Morgan fingerprint density at radius 1 is 1.06 bits per heavy atom. The first-order chi connectivity index (χ1) is 15.8. The lowest BCUT2D eigenvalue weighted by Gasteiger charge is -2.32. The van der Waals surface area contributed by atoms with E-state index in [9.17, 15) is 18.0 Å². The molecule has 34 heavy (non-hydrogen) atoms. The van der Waals surface area contributed by atoms with Crippen LogP contribution >= 0.6 is 11.6 Å². The van der Waals surface area contributed by atoms with Gasteiger partial charge in [0.25, 0.3) is 0 Å². The second-order valence-corrected chi connectivity index (χ2v) is 11.7. The molecule has 2 aromatic carbocycles. The molecule has 0 aromatic heterocycles. The molecule has 0 saturated carbocycles. The van der Waals surface area contributed by atoms with Crippen LogP contribution in [-0.2, 0) is 26.2 Å². The molecule has 2 aromatic rings. The highest BCUT2D eigenvalue weighted by Gasteiger charge is 2.28. The third-order valence-corrected chi connectivity index (χ3v) is 6.54. The minimum Gasteiger partial charge on any atom is -0.350 e. The van der Waals surface area contributed by atoms with Crippen molar-refractivity contribution in [2.75, 3.05) is 17.1 Å². The summed E-state index contributed by atoms with van der Waals surface area (Å²) in [5.41, 5.74) is 0.921. The normalized spacial score (nSPS) is 12.6. The molecular weight excluding hydrogens is 474 g/mol. The minimum absolute atomic E-state index is 0.0898. The quantitative estimate of drug-likeness (QED) is 0.521. The van der Waals surface area contributed by atoms with E-state index in [1.165, 1.54) is 4.31 Å². The van der Waals surface area contributed by atoms with E-state index in [4.69, 9.17) is 11.6 Å². The lowest BCUT2D eigenvalue weighted by molar-refractivity contribution is -0.141. The van der Waals surface area contributed by atoms with Crippen LogP contribution in [0.2, 0.25) is 5.02 Å². The molecule has 0 spiro atoms. The lowest BCUT2D eigenvalue weighted by atomic mass is 10.1. The summed E-state index contributed by atoms with van der Waals surface area (Å²) in [4.78, 5) is 27.6. The van der Waals surface area contributed by atoms with Crippen molar-refractivity contribution in [2.45, 2.75) is 58.7 Å². The lowest BCUT2D eigenvalue weighted by Crippen LogP contribution is -2.52. The average Bonchev–Trinajstić information content (AvgIpc) is 2.73. The van der Waals surface area contributed by atoms with Crippen molar-refractivity contribution in [3.05, 3.63) is 65.2 Å². The second kappa shape index (κ2) is 11.7. The number of hydrogen-bond acceptors (Lipinski definition) is 4. The zero-order valence-corrected chi connectivity index (χ0v) is 22.0. The largest absolute Gasteiger partial charge is 0.350 e. The van der Waals surface area contributed by atoms with Gasteiger partial charge in [-0.05, 0) is 57.9 Å². The first-order valence-electron chi connectivity index (χ1n) is 11.2. The second-order valence-electron chi connectivity index (χ2n) is 9.34. The maximum absolute atomic E-state index is 13.2. The van der Waals surface area contributed by atoms with Crippen LogP contribution in [0.4, 0.5) is 5.69 Å². The van der Waals surface area contributed by atoms with Gasteiger partial charge in [0.05, 0.1) is 11.9 Å². The van der Waals surface area contributed by atoms with Crippen LogP contribution in [0.3, 0.4) is 0 Å². The Bertz CT molecular complexity index is 1080. The highest BCUT2D eigenvalue weighted by molar-refractivity contribution is 7.92. The van der Waals surface area contributed by atoms with Crippen molar-refractivity contribution in [1.82, 2.24) is 10.2 Å². The Hall–Kier alpha value is -2.58. The number of carbonyl (C=O) groups excluding carboxylic acids is 2. The van der Waals surface area contributed by atoms with Crippen LogP contribution in [0, 0.1) is 0 Å². The molecule has 0 aliphatic rings. The summed E-state index contributed by atoms with van der Waals surface area (Å²) in [5, 5.41) is 3.35. The zero-order valence-electron chi connectivity index (χ0n) is 20.4. The summed E-state index contributed by atoms with van der Waals surface area (Å²) in [6.45, 7) is 7.76. The van der Waals surface area contributed by atoms with Crippen LogP contribution in [-0.4, -0.2) is 49.5 Å². The van der Waals surface area contributed by atoms with Crippen molar-refractivity contribution in [2.24, 2.45) is 0 Å². The van der Waals surface area contributed by atoms with Crippen LogP contribution in [0.1, 0.15) is 46.1 Å². The molecule has 0 heterocycles. The fourth-order valence-electron chi connectivity index (χ4n) is 3.47. The van der Waals surface area contributed by atoms with Gasteiger partial charge in [-0.2, -0.15) is 0 Å². The van der Waals surface area contributed by atoms with Gasteiger partial charge < -0.3 is 10.2 Å². The molecule has 0 unspecified atom stereocenters. The first-order valence-corrected chi connectivity index (χ1v) is 13.4. The fraction of sp³-hybridized carbons (Fsp3) is 0.440. The maximum atomic E-state index is 13.2. The van der Waals surface area contributed by atoms with Gasteiger partial charge in [0.1, 0.15) is 6.04 Å². The molecular formula is C25H34ClN3O4S. The van der Waals surface area contributed by atoms with Crippen molar-refractivity contribution in [3.63, 3.8) is 0 Å². The molecule has 1 atom stereocenters. The molecule has 0 radical (unpaired) electrons. The van der Waals surface area contributed by atoms with E-state index < -0.39 is 21.6 Å². The van der Waals surface area contributed by atoms with Crippen LogP contribution < -0.4 is 9.62 Å². The monoisotopic (exact) mass is 507 g/mol. The van der Waals surface area contributed by atoms with Gasteiger partial charge in [-0.3, -0.25) is 13.9 Å². The summed E-state index contributed by atoms with van der Waals surface area (Å²) in [5.74, 6) is -0.464. The van der Waals surface area contributed by atoms with Crippen LogP contribution in [0.15, 0.2) is 54.6 Å². The number of hydrogen-bond donors (Lipinski definition) is 1. The van der Waals surface area contributed by atoms with E-state index in [0.29, 0.717) is 10.7 Å². The third-order valence-electron chi connectivity index (χ3n) is 5.11. The van der Waals surface area contributed by atoms with E-state index in [-0.39, 0.29) is 37.7 Å². The van der Waals surface area contributed by atoms with Gasteiger partial charge in [-0.25, -0.2) is 8.42 Å². The van der Waals surface area contributed by atoms with Crippen molar-refractivity contribution < 1.29 is 18.0 Å². The van der Waals surface area contributed by atoms with Gasteiger partial charge in [0.2, 0.25) is 21.8 Å². The molecule has 0 aliphatic carbocycles. The zero-order chi connectivity index (χ0) is 25.5.